The van der Waals surface area contributed by atoms with Gasteiger partial charge in [-0.05, 0) is 23.2 Å². The first-order valence-corrected chi connectivity index (χ1v) is 4.26. The first-order valence-electron chi connectivity index (χ1n) is 3.18. The summed E-state index contributed by atoms with van der Waals surface area (Å²) in [6.07, 6.45) is -4.63. The second-order valence-corrected chi connectivity index (χ2v) is 3.14. The van der Waals surface area contributed by atoms with Crippen LogP contribution in [0.25, 0.3) is 0 Å². The number of benzene rings is 1. The zero-order chi connectivity index (χ0) is 10.1. The van der Waals surface area contributed by atoms with E-state index in [1.54, 1.807) is 0 Å². The maximum absolute atomic E-state index is 12.1. The average molecular weight is 233 g/mol. The predicted molar refractivity (Wildman–Crippen MR) is 39.7 cm³/mol. The van der Waals surface area contributed by atoms with Crippen molar-refractivity contribution in [3.63, 3.8) is 0 Å². The van der Waals surface area contributed by atoms with E-state index in [1.807, 2.05) is 0 Å². The molecule has 2 nitrogen and oxygen atoms in total. The molecule has 0 heterocycles. The summed E-state index contributed by atoms with van der Waals surface area (Å²) in [5, 5.41) is 0. The molecule has 0 amide bonds. The molecule has 1 atom stereocenters. The normalized spacial score (nSPS) is 13.1. The monoisotopic (exact) mass is 233 g/mol. The minimum atomic E-state index is -4.63. The van der Waals surface area contributed by atoms with E-state index in [1.165, 1.54) is 6.07 Å². The minimum Gasteiger partial charge on any atom is -1.00 e. The average Bonchev–Trinajstić information content (AvgIpc) is 2.03. The molecule has 1 aromatic carbocycles. The fraction of sp³-hybridized carbons (Fsp3) is 0.143. The summed E-state index contributed by atoms with van der Waals surface area (Å²) in [4.78, 5) is -0.727. The van der Waals surface area contributed by atoms with E-state index in [9.17, 15) is 21.9 Å². The van der Waals surface area contributed by atoms with Crippen molar-refractivity contribution < 1.29 is 52.9 Å². The molecule has 0 fully saturated rings. The Morgan fingerprint density at radius 3 is 2.14 bits per heavy atom. The SMILES string of the molecule is O=S([O-])c1ccccc1C(F)(F)F.[H-].[Na+]. The van der Waals surface area contributed by atoms with Crippen LogP contribution >= 0.6 is 0 Å². The van der Waals surface area contributed by atoms with Gasteiger partial charge in [-0.3, -0.25) is 4.21 Å². The van der Waals surface area contributed by atoms with Crippen LogP contribution in [0.4, 0.5) is 13.2 Å². The van der Waals surface area contributed by atoms with Gasteiger partial charge in [-0.2, -0.15) is 13.2 Å². The Kier molecular flexibility index (Phi) is 5.32. The smallest absolute Gasteiger partial charge is 1.00 e. The molecule has 0 aromatic heterocycles. The fourth-order valence-corrected chi connectivity index (χ4v) is 1.40. The van der Waals surface area contributed by atoms with Gasteiger partial charge in [0.25, 0.3) is 0 Å². The molecule has 1 rings (SSSR count). The van der Waals surface area contributed by atoms with Gasteiger partial charge in [0.1, 0.15) is 0 Å². The summed E-state index contributed by atoms with van der Waals surface area (Å²) in [7, 11) is 0. The Morgan fingerprint density at radius 2 is 1.79 bits per heavy atom. The molecule has 1 aromatic rings. The van der Waals surface area contributed by atoms with Gasteiger partial charge >= 0.3 is 35.7 Å². The molecule has 0 aliphatic carbocycles. The summed E-state index contributed by atoms with van der Waals surface area (Å²) in [6.45, 7) is 0. The summed E-state index contributed by atoms with van der Waals surface area (Å²) in [5.74, 6) is 0. The predicted octanol–water partition coefficient (Wildman–Crippen LogP) is -0.940. The third-order valence-electron chi connectivity index (χ3n) is 1.37. The number of rotatable bonds is 1. The molecule has 0 radical (unpaired) electrons. The number of hydrogen-bond acceptors (Lipinski definition) is 2. The Balaban J connectivity index is 0. The zero-order valence-electron chi connectivity index (χ0n) is 8.17. The Morgan fingerprint density at radius 1 is 1.29 bits per heavy atom. The van der Waals surface area contributed by atoms with Gasteiger partial charge in [-0.25, -0.2) is 0 Å². The standard InChI is InChI=1S/C7H5F3O2S.Na.H/c8-7(9,10)5-3-1-2-4-6(5)13(11)12;;/h1-4H,(H,11,12);;/q;+1;-1/p-1. The maximum atomic E-state index is 12.1. The molecule has 0 bridgehead atoms. The van der Waals surface area contributed by atoms with Crippen LogP contribution in [0.3, 0.4) is 0 Å². The van der Waals surface area contributed by atoms with E-state index >= 15 is 0 Å². The van der Waals surface area contributed by atoms with E-state index in [2.05, 4.69) is 0 Å². The van der Waals surface area contributed by atoms with Gasteiger partial charge in [0.2, 0.25) is 0 Å². The molecule has 0 saturated carbocycles. The van der Waals surface area contributed by atoms with Crippen LogP contribution in [0.15, 0.2) is 29.2 Å². The van der Waals surface area contributed by atoms with Crippen LogP contribution in [0.5, 0.6) is 0 Å². The minimum absolute atomic E-state index is 0. The first kappa shape index (κ1) is 14.1. The van der Waals surface area contributed by atoms with E-state index in [0.29, 0.717) is 0 Å². The van der Waals surface area contributed by atoms with Crippen molar-refractivity contribution in [1.82, 2.24) is 0 Å². The van der Waals surface area contributed by atoms with Crippen molar-refractivity contribution in [1.29, 1.82) is 0 Å². The van der Waals surface area contributed by atoms with Gasteiger partial charge in [0.05, 0.1) is 5.56 Å². The number of hydrogen-bond donors (Lipinski definition) is 0. The molecule has 1 unspecified atom stereocenters. The molecular weight excluding hydrogens is 228 g/mol. The van der Waals surface area contributed by atoms with E-state index in [-0.39, 0.29) is 31.0 Å². The fourth-order valence-electron chi connectivity index (χ4n) is 0.846. The van der Waals surface area contributed by atoms with Crippen LogP contribution < -0.4 is 29.6 Å². The van der Waals surface area contributed by atoms with Gasteiger partial charge in [0.15, 0.2) is 0 Å². The van der Waals surface area contributed by atoms with Crippen molar-refractivity contribution in [3.05, 3.63) is 29.8 Å². The molecular formula is C7H5F3NaO2S-. The Bertz CT molecular complexity index is 345. The van der Waals surface area contributed by atoms with Gasteiger partial charge in [-0.15, -0.1) is 0 Å². The molecule has 0 N–H and O–H groups in total. The molecule has 0 aliphatic rings. The van der Waals surface area contributed by atoms with E-state index in [4.69, 9.17) is 0 Å². The van der Waals surface area contributed by atoms with Crippen LogP contribution in [0, 0.1) is 0 Å². The summed E-state index contributed by atoms with van der Waals surface area (Å²) in [5.41, 5.74) is -1.14. The van der Waals surface area contributed by atoms with Crippen molar-refractivity contribution >= 4 is 11.1 Å². The second kappa shape index (κ2) is 5.27. The van der Waals surface area contributed by atoms with Gasteiger partial charge in [-0.1, -0.05) is 12.1 Å². The molecule has 74 valence electrons. The number of halogens is 3. The molecule has 14 heavy (non-hydrogen) atoms. The van der Waals surface area contributed by atoms with Crippen molar-refractivity contribution in [2.45, 2.75) is 11.1 Å². The van der Waals surface area contributed by atoms with Crippen molar-refractivity contribution in [2.75, 3.05) is 0 Å². The maximum Gasteiger partial charge on any atom is 1.00 e. The summed E-state index contributed by atoms with van der Waals surface area (Å²) < 4.78 is 57.1. The van der Waals surface area contributed by atoms with Crippen LogP contribution in [-0.2, 0) is 17.3 Å². The van der Waals surface area contributed by atoms with Crippen LogP contribution in [-0.4, -0.2) is 8.76 Å². The molecule has 7 heteroatoms. The van der Waals surface area contributed by atoms with Crippen LogP contribution in [0.2, 0.25) is 0 Å². The summed E-state index contributed by atoms with van der Waals surface area (Å²) >= 11 is -2.86. The second-order valence-electron chi connectivity index (χ2n) is 2.23. The number of alkyl halides is 3. The van der Waals surface area contributed by atoms with Crippen LogP contribution in [0.1, 0.15) is 6.99 Å². The van der Waals surface area contributed by atoms with E-state index < -0.39 is 27.7 Å². The molecule has 0 saturated heterocycles. The largest absolute Gasteiger partial charge is 1.00 e. The van der Waals surface area contributed by atoms with Crippen molar-refractivity contribution in [3.8, 4) is 0 Å². The Hall–Kier alpha value is 0.120. The van der Waals surface area contributed by atoms with Gasteiger partial charge < -0.3 is 5.98 Å². The quantitative estimate of drug-likeness (QED) is 0.464. The topological polar surface area (TPSA) is 40.1 Å². The molecule has 0 aliphatic heterocycles. The zero-order valence-corrected chi connectivity index (χ0v) is 9.98. The third kappa shape index (κ3) is 3.36. The summed E-state index contributed by atoms with van der Waals surface area (Å²) in [6, 6.07) is 4.01. The van der Waals surface area contributed by atoms with E-state index in [0.717, 1.165) is 18.2 Å². The van der Waals surface area contributed by atoms with Gasteiger partial charge in [0, 0.05) is 4.90 Å². The van der Waals surface area contributed by atoms with Crippen molar-refractivity contribution in [2.24, 2.45) is 0 Å². The third-order valence-corrected chi connectivity index (χ3v) is 2.09. The molecule has 0 spiro atoms. The Labute approximate surface area is 105 Å². The first-order chi connectivity index (χ1) is 5.93.